The van der Waals surface area contributed by atoms with E-state index in [1.165, 1.54) is 45.3 Å². The van der Waals surface area contributed by atoms with Crippen molar-refractivity contribution in [2.75, 3.05) is 26.0 Å². The molecule has 4 aromatic carbocycles. The summed E-state index contributed by atoms with van der Waals surface area (Å²) in [7, 11) is 0. The van der Waals surface area contributed by atoms with Crippen LogP contribution in [0.1, 0.15) is 167 Å². The number of nitrogens with one attached hydrogen (secondary N) is 3. The van der Waals surface area contributed by atoms with Crippen molar-refractivity contribution in [3.63, 3.8) is 0 Å². The topological polar surface area (TPSA) is 135 Å². The second-order valence-electron chi connectivity index (χ2n) is 17.2. The molecule has 2 aromatic heterocycles. The zero-order valence-electron chi connectivity index (χ0n) is 62.0. The normalized spacial score (nSPS) is 31.9. The van der Waals surface area contributed by atoms with E-state index in [-0.39, 0.29) is 27.1 Å². The zero-order chi connectivity index (χ0) is 68.3. The lowest BCUT2D eigenvalue weighted by Crippen LogP contribution is -2.42. The Morgan fingerprint density at radius 3 is 1.67 bits per heavy atom. The molecule has 12 nitrogen and oxygen atoms in total. The first-order chi connectivity index (χ1) is 39.9. The van der Waals surface area contributed by atoms with Crippen LogP contribution >= 0.6 is 0 Å². The highest BCUT2D eigenvalue weighted by Gasteiger charge is 2.29. The molecule has 332 valence electrons. The van der Waals surface area contributed by atoms with E-state index < -0.39 is 169 Å². The fraction of sp³-hybridized carbons (Fsp3) is 0.431. The molecule has 2 aliphatic heterocycles. The van der Waals surface area contributed by atoms with Gasteiger partial charge in [0, 0.05) is 81.6 Å². The van der Waals surface area contributed by atoms with Crippen LogP contribution in [0.15, 0.2) is 97.1 Å². The van der Waals surface area contributed by atoms with E-state index >= 15 is 0 Å². The second kappa shape index (κ2) is 18.4. The van der Waals surface area contributed by atoms with Crippen molar-refractivity contribution in [1.82, 2.24) is 40.4 Å². The minimum absolute atomic E-state index is 0.139. The standard InChI is InChI=1S/C28H36N4O3.C23H28N4O/c1-27(2,3)29-25(33)23-11-7-9-21-18-32(30-24(21)23)22-14-12-19(13-15-22)20-10-8-16-31(17-20)26(34)35-28(4,5)6;1-23(2,3)25-22(28)20-8-4-6-18-15-27(26-21(18)20)19-11-9-16(10-12-19)17-7-5-13-24-14-17/h7,9,11-15,18,20H,8,10,16-17H2,1-6H3,(H,29,33);4,6,8-12,15,17,24H,5,7,13-14H2,1-3H3,(H,25,28)/i8D2,10D2,12D,13D,14D,15D,16D2,17D2,20D;5D2,7D2,9D,10D,11D,12D,13D2,14D2,17D. The minimum Gasteiger partial charge on any atom is -0.444 e. The third-order valence-corrected chi connectivity index (χ3v) is 8.38. The summed E-state index contributed by atoms with van der Waals surface area (Å²) in [6, 6.07) is 1.46. The molecule has 6 aromatic rings. The summed E-state index contributed by atoms with van der Waals surface area (Å²) in [6.07, 6.45) is -14.2. The number of likely N-dealkylation sites (tertiary alicyclic amines) is 1. The zero-order valence-corrected chi connectivity index (χ0v) is 36.0. The van der Waals surface area contributed by atoms with E-state index in [4.69, 9.17) is 39.0 Å². The summed E-state index contributed by atoms with van der Waals surface area (Å²) in [6.45, 7) is 0.440. The maximum Gasteiger partial charge on any atom is 0.410 e. The predicted octanol–water partition coefficient (Wildman–Crippen LogP) is 9.69. The average Bonchev–Trinajstić information content (AvgIpc) is 1.08. The molecule has 0 radical (unpaired) electrons. The lowest BCUT2D eigenvalue weighted by atomic mass is 9.91. The highest BCUT2D eigenvalue weighted by Crippen LogP contribution is 2.30. The van der Waals surface area contributed by atoms with Gasteiger partial charge in [0.2, 0.25) is 0 Å². The molecule has 8 rings (SSSR count). The molecule has 2 saturated heterocycles. The highest BCUT2D eigenvalue weighted by molar-refractivity contribution is 6.06. The molecule has 2 atom stereocenters. The average molecular weight is 879 g/mol. The molecule has 4 heterocycles. The largest absolute Gasteiger partial charge is 0.444 e. The van der Waals surface area contributed by atoms with E-state index in [0.717, 1.165) is 9.36 Å². The van der Waals surface area contributed by atoms with Gasteiger partial charge in [-0.05, 0) is 148 Å². The Kier molecular flexibility index (Phi) is 6.58. The van der Waals surface area contributed by atoms with E-state index in [1.54, 1.807) is 71.1 Å². The quantitative estimate of drug-likeness (QED) is 0.152. The van der Waals surface area contributed by atoms with E-state index in [0.29, 0.717) is 10.8 Å². The summed E-state index contributed by atoms with van der Waals surface area (Å²) < 4.78 is 229. The van der Waals surface area contributed by atoms with Gasteiger partial charge in [-0.3, -0.25) is 9.59 Å². The molecule has 2 unspecified atom stereocenters. The summed E-state index contributed by atoms with van der Waals surface area (Å²) in [5.74, 6) is -8.23. The number of hydrogen-bond acceptors (Lipinski definition) is 7. The summed E-state index contributed by atoms with van der Waals surface area (Å²) >= 11 is 0. The number of nitrogens with zero attached hydrogens (tertiary/aromatic N) is 5. The van der Waals surface area contributed by atoms with Crippen molar-refractivity contribution in [1.29, 1.82) is 0 Å². The highest BCUT2D eigenvalue weighted by atomic mass is 16.6. The minimum atomic E-state index is -3.94. The Morgan fingerprint density at radius 2 is 1.19 bits per heavy atom. The van der Waals surface area contributed by atoms with Gasteiger partial charge >= 0.3 is 6.09 Å². The van der Waals surface area contributed by atoms with Gasteiger partial charge in [0.15, 0.2) is 0 Å². The maximum atomic E-state index is 13.3. The van der Waals surface area contributed by atoms with Crippen molar-refractivity contribution in [2.45, 2.75) is 116 Å². The molecule has 2 aliphatic rings. The number of aromatic nitrogens is 4. The number of benzene rings is 4. The molecule has 63 heavy (non-hydrogen) atoms. The second-order valence-corrected chi connectivity index (χ2v) is 17.2. The smallest absolute Gasteiger partial charge is 0.410 e. The lowest BCUT2D eigenvalue weighted by Gasteiger charge is -2.34. The van der Waals surface area contributed by atoms with Crippen LogP contribution in [0, 0.1) is 0 Å². The molecular formula is C51H64N8O4. The SMILES string of the molecule is [2H]c1c([2H])c(C2([2H])C([2H])([2H])N(C(=O)OC(C)(C)C)C([2H])([2H])C([2H])([2H])C2([2H])[2H])c([2H])c([2H])c1-n1cc2cccc(C(=O)NC(C)(C)C)c2n1.[2H]c1c([2H])c(C2([2H])C([2H])([2H])NC([2H])([2H])C([2H])([2H])C2([2H])[2H])c([2H])c([2H])c1-n1cc2cccc(C(=O)NC(C)(C)C)c2n1. The van der Waals surface area contributed by atoms with Gasteiger partial charge in [0.1, 0.15) is 16.6 Å². The van der Waals surface area contributed by atoms with Gasteiger partial charge in [-0.1, -0.05) is 48.4 Å². The molecule has 0 bridgehead atoms. The van der Waals surface area contributed by atoms with Gasteiger partial charge in [-0.15, -0.1) is 0 Å². The van der Waals surface area contributed by atoms with Crippen LogP contribution in [0.25, 0.3) is 33.2 Å². The molecule has 0 aliphatic carbocycles. The van der Waals surface area contributed by atoms with Gasteiger partial charge in [-0.25, -0.2) is 14.2 Å². The van der Waals surface area contributed by atoms with E-state index in [9.17, 15) is 15.8 Å². The summed E-state index contributed by atoms with van der Waals surface area (Å²) in [5.41, 5.74) is -5.21. The maximum absolute atomic E-state index is 13.3. The Morgan fingerprint density at radius 1 is 0.714 bits per heavy atom. The molecule has 3 N–H and O–H groups in total. The summed E-state index contributed by atoms with van der Waals surface area (Å²) in [5, 5.41) is 16.8. The van der Waals surface area contributed by atoms with Crippen molar-refractivity contribution in [2.24, 2.45) is 0 Å². The number of fused-ring (bicyclic) bond motifs is 2. The molecule has 12 heteroatoms. The number of amides is 3. The van der Waals surface area contributed by atoms with Gasteiger partial charge in [-0.2, -0.15) is 10.2 Å². The van der Waals surface area contributed by atoms with Crippen LogP contribution in [-0.4, -0.2) is 85.0 Å². The van der Waals surface area contributed by atoms with Gasteiger partial charge in [0.25, 0.3) is 11.8 Å². The van der Waals surface area contributed by atoms with Crippen LogP contribution in [0.2, 0.25) is 0 Å². The third-order valence-electron chi connectivity index (χ3n) is 8.38. The molecular weight excluding hydrogens is 789 g/mol. The Hall–Kier alpha value is -6.01. The van der Waals surface area contributed by atoms with E-state index in [2.05, 4.69) is 20.8 Å². The lowest BCUT2D eigenvalue weighted by molar-refractivity contribution is 0.0198. The molecule has 0 spiro atoms. The molecule has 0 saturated carbocycles. The Bertz CT molecular complexity index is 3850. The Balaban J connectivity index is 0.000000257. The number of rotatable bonds is 6. The number of ether oxygens (including phenoxy) is 1. The molecule has 3 amide bonds. The fourth-order valence-electron chi connectivity index (χ4n) is 5.80. The van der Waals surface area contributed by atoms with Crippen LogP contribution in [-0.2, 0) is 4.74 Å². The predicted molar refractivity (Wildman–Crippen MR) is 251 cm³/mol. The molecule has 2 fully saturated rings. The number of carbonyl (C=O) groups is 3. The number of carbonyl (C=O) groups excluding carboxylic acids is 3. The first-order valence-corrected chi connectivity index (χ1v) is 19.6. The van der Waals surface area contributed by atoms with Crippen LogP contribution in [0.3, 0.4) is 0 Å². The van der Waals surface area contributed by atoms with Crippen molar-refractivity contribution in [3.8, 4) is 11.4 Å². The van der Waals surface area contributed by atoms with Crippen molar-refractivity contribution in [3.05, 3.63) is 119 Å². The monoisotopic (exact) mass is 879 g/mol. The van der Waals surface area contributed by atoms with Crippen LogP contribution in [0.4, 0.5) is 4.79 Å². The van der Waals surface area contributed by atoms with Crippen LogP contribution < -0.4 is 16.0 Å². The summed E-state index contributed by atoms with van der Waals surface area (Å²) in [4.78, 5) is 38.8. The van der Waals surface area contributed by atoms with Gasteiger partial charge < -0.3 is 25.6 Å². The van der Waals surface area contributed by atoms with Crippen molar-refractivity contribution < 1.29 is 54.8 Å². The fourth-order valence-corrected chi connectivity index (χ4v) is 5.80. The third kappa shape index (κ3) is 11.5. The van der Waals surface area contributed by atoms with E-state index in [1.807, 2.05) is 0 Å². The van der Waals surface area contributed by atoms with Crippen LogP contribution in [0.5, 0.6) is 0 Å². The van der Waals surface area contributed by atoms with Crippen molar-refractivity contribution >= 4 is 39.7 Å². The number of piperidine rings is 2. The first kappa shape index (κ1) is 22.6. The first-order valence-electron chi connectivity index (χ1n) is 32.6. The number of hydrogen-bond donors (Lipinski definition) is 3. The van der Waals surface area contributed by atoms with Gasteiger partial charge in [0.05, 0.1) is 36.2 Å². The Labute approximate surface area is 408 Å².